The van der Waals surface area contributed by atoms with Crippen LogP contribution >= 0.6 is 11.3 Å². The van der Waals surface area contributed by atoms with E-state index in [1.54, 1.807) is 55.5 Å². The van der Waals surface area contributed by atoms with Gasteiger partial charge in [0.1, 0.15) is 5.00 Å². The average molecular weight is 535 g/mol. The smallest absolute Gasteiger partial charge is 0.341 e. The minimum atomic E-state index is -0.618. The van der Waals surface area contributed by atoms with E-state index in [0.29, 0.717) is 39.7 Å². The Bertz CT molecular complexity index is 1390. The molecular weight excluding hydrogens is 508 g/mol. The minimum absolute atomic E-state index is 0.0406. The van der Waals surface area contributed by atoms with E-state index < -0.39 is 23.7 Å². The Morgan fingerprint density at radius 1 is 0.974 bits per heavy atom. The fraction of sp³-hybridized carbons (Fsp3) is 0.214. The topological polar surface area (TPSA) is 111 Å². The minimum Gasteiger partial charge on any atom is -0.493 e. The predicted octanol–water partition coefficient (Wildman–Crippen LogP) is 4.78. The number of nitrogens with zero attached hydrogens (tertiary/aromatic N) is 1. The number of ether oxygens (including phenoxy) is 3. The Hall–Kier alpha value is -4.44. The van der Waals surface area contributed by atoms with E-state index in [2.05, 4.69) is 5.32 Å². The number of carbonyl (C=O) groups is 4. The first kappa shape index (κ1) is 26.6. The van der Waals surface area contributed by atoms with Gasteiger partial charge in [-0.2, -0.15) is 0 Å². The molecule has 3 amide bonds. The second kappa shape index (κ2) is 11.7. The lowest BCUT2D eigenvalue weighted by atomic mass is 10.1. The van der Waals surface area contributed by atoms with Crippen molar-refractivity contribution in [1.29, 1.82) is 0 Å². The summed E-state index contributed by atoms with van der Waals surface area (Å²) in [5.41, 5.74) is 1.53. The number of esters is 1. The molecule has 1 aromatic heterocycles. The SMILES string of the molecule is CCOC(=O)c1cc(CN2C(=O)c3ccccc3C2=O)sc1NC(=O)/C=C/c1ccc(OCC)c(OC)c1. The lowest BCUT2D eigenvalue weighted by Crippen LogP contribution is -2.28. The van der Waals surface area contributed by atoms with E-state index in [4.69, 9.17) is 14.2 Å². The monoisotopic (exact) mass is 534 g/mol. The molecule has 0 aliphatic carbocycles. The molecule has 196 valence electrons. The second-order valence-electron chi connectivity index (χ2n) is 8.08. The van der Waals surface area contributed by atoms with Crippen molar-refractivity contribution in [3.8, 4) is 11.5 Å². The molecule has 0 radical (unpaired) electrons. The number of imide groups is 1. The Morgan fingerprint density at radius 3 is 2.32 bits per heavy atom. The van der Waals surface area contributed by atoms with Crippen LogP contribution in [-0.4, -0.2) is 48.9 Å². The fourth-order valence-electron chi connectivity index (χ4n) is 3.90. The number of nitrogens with one attached hydrogen (secondary N) is 1. The Labute approximate surface area is 223 Å². The van der Waals surface area contributed by atoms with Gasteiger partial charge >= 0.3 is 5.97 Å². The highest BCUT2D eigenvalue weighted by atomic mass is 32.1. The van der Waals surface area contributed by atoms with E-state index in [9.17, 15) is 19.2 Å². The van der Waals surface area contributed by atoms with Crippen LogP contribution < -0.4 is 14.8 Å². The van der Waals surface area contributed by atoms with Crippen molar-refractivity contribution in [2.45, 2.75) is 20.4 Å². The number of amides is 3. The predicted molar refractivity (Wildman–Crippen MR) is 143 cm³/mol. The van der Waals surface area contributed by atoms with Gasteiger partial charge in [-0.1, -0.05) is 18.2 Å². The van der Waals surface area contributed by atoms with E-state index in [0.717, 1.165) is 16.2 Å². The molecule has 0 atom stereocenters. The zero-order valence-electron chi connectivity index (χ0n) is 21.1. The van der Waals surface area contributed by atoms with Crippen molar-refractivity contribution in [2.75, 3.05) is 25.6 Å². The van der Waals surface area contributed by atoms with Gasteiger partial charge in [0.25, 0.3) is 11.8 Å². The van der Waals surface area contributed by atoms with Crippen LogP contribution in [0.15, 0.2) is 54.6 Å². The van der Waals surface area contributed by atoms with Gasteiger partial charge in [0.05, 0.1) is 43.6 Å². The number of hydrogen-bond donors (Lipinski definition) is 1. The van der Waals surface area contributed by atoms with Crippen LogP contribution in [0.25, 0.3) is 6.08 Å². The highest BCUT2D eigenvalue weighted by molar-refractivity contribution is 7.16. The number of anilines is 1. The molecule has 0 spiro atoms. The molecule has 9 nitrogen and oxygen atoms in total. The Kier molecular flexibility index (Phi) is 8.22. The molecule has 0 fully saturated rings. The maximum absolute atomic E-state index is 12.8. The molecular formula is C28H26N2O7S. The van der Waals surface area contributed by atoms with Gasteiger partial charge in [-0.05, 0) is 55.8 Å². The van der Waals surface area contributed by atoms with Crippen molar-refractivity contribution in [1.82, 2.24) is 4.90 Å². The molecule has 3 aromatic rings. The molecule has 0 saturated heterocycles. The van der Waals surface area contributed by atoms with Crippen molar-refractivity contribution in [2.24, 2.45) is 0 Å². The largest absolute Gasteiger partial charge is 0.493 e. The number of thiophene rings is 1. The third-order valence-electron chi connectivity index (χ3n) is 5.62. The normalized spacial score (nSPS) is 12.6. The molecule has 0 saturated carbocycles. The van der Waals surface area contributed by atoms with Crippen molar-refractivity contribution in [3.05, 3.63) is 81.7 Å². The maximum Gasteiger partial charge on any atom is 0.341 e. The maximum atomic E-state index is 12.8. The molecule has 2 aromatic carbocycles. The van der Waals surface area contributed by atoms with Crippen LogP contribution in [0.5, 0.6) is 11.5 Å². The summed E-state index contributed by atoms with van der Waals surface area (Å²) in [4.78, 5) is 52.5. The fourth-order valence-corrected chi connectivity index (χ4v) is 4.94. The number of methoxy groups -OCH3 is 1. The zero-order valence-corrected chi connectivity index (χ0v) is 21.9. The zero-order chi connectivity index (χ0) is 27.2. The highest BCUT2D eigenvalue weighted by Crippen LogP contribution is 2.33. The number of hydrogen-bond acceptors (Lipinski definition) is 8. The number of benzene rings is 2. The summed E-state index contributed by atoms with van der Waals surface area (Å²) >= 11 is 1.10. The molecule has 4 rings (SSSR count). The second-order valence-corrected chi connectivity index (χ2v) is 9.22. The van der Waals surface area contributed by atoms with E-state index in [-0.39, 0.29) is 23.7 Å². The molecule has 38 heavy (non-hydrogen) atoms. The third kappa shape index (κ3) is 5.60. The first-order valence-electron chi connectivity index (χ1n) is 11.9. The third-order valence-corrected chi connectivity index (χ3v) is 6.66. The van der Waals surface area contributed by atoms with Crippen molar-refractivity contribution >= 4 is 46.1 Å². The van der Waals surface area contributed by atoms with Crippen LogP contribution in [0.4, 0.5) is 5.00 Å². The van der Waals surface area contributed by atoms with Gasteiger partial charge in [-0.3, -0.25) is 19.3 Å². The molecule has 10 heteroatoms. The van der Waals surface area contributed by atoms with Gasteiger partial charge in [-0.15, -0.1) is 11.3 Å². The average Bonchev–Trinajstić information content (AvgIpc) is 3.42. The molecule has 0 unspecified atom stereocenters. The summed E-state index contributed by atoms with van der Waals surface area (Å²) in [6.07, 6.45) is 2.93. The first-order chi connectivity index (χ1) is 18.4. The van der Waals surface area contributed by atoms with Gasteiger partial charge in [0.15, 0.2) is 11.5 Å². The molecule has 1 N–H and O–H groups in total. The van der Waals surface area contributed by atoms with Gasteiger partial charge in [0.2, 0.25) is 5.91 Å². The first-order valence-corrected chi connectivity index (χ1v) is 12.7. The lowest BCUT2D eigenvalue weighted by Gasteiger charge is -2.12. The summed E-state index contributed by atoms with van der Waals surface area (Å²) in [5, 5.41) is 2.97. The summed E-state index contributed by atoms with van der Waals surface area (Å²) < 4.78 is 16.0. The summed E-state index contributed by atoms with van der Waals surface area (Å²) in [7, 11) is 1.53. The van der Waals surface area contributed by atoms with E-state index >= 15 is 0 Å². The highest BCUT2D eigenvalue weighted by Gasteiger charge is 2.35. The standard InChI is InChI=1S/C28H26N2O7S/c1-4-36-22-12-10-17(14-23(22)35-3)11-13-24(31)29-25-21(28(34)37-5-2)15-18(38-25)16-30-26(32)19-8-6-7-9-20(19)27(30)33/h6-15H,4-5,16H2,1-3H3,(H,29,31)/b13-11+. The lowest BCUT2D eigenvalue weighted by molar-refractivity contribution is -0.111. The van der Waals surface area contributed by atoms with E-state index in [1.807, 2.05) is 6.92 Å². The molecule has 2 heterocycles. The van der Waals surface area contributed by atoms with Gasteiger partial charge < -0.3 is 19.5 Å². The Balaban J connectivity index is 1.52. The van der Waals surface area contributed by atoms with Crippen molar-refractivity contribution in [3.63, 3.8) is 0 Å². The van der Waals surface area contributed by atoms with Crippen LogP contribution in [0.3, 0.4) is 0 Å². The summed E-state index contributed by atoms with van der Waals surface area (Å²) in [6, 6.07) is 13.4. The van der Waals surface area contributed by atoms with Crippen LogP contribution in [0.1, 0.15) is 55.4 Å². The van der Waals surface area contributed by atoms with Gasteiger partial charge in [-0.25, -0.2) is 4.79 Å². The van der Waals surface area contributed by atoms with E-state index in [1.165, 1.54) is 19.3 Å². The molecule has 1 aliphatic rings. The van der Waals surface area contributed by atoms with Gasteiger partial charge in [0, 0.05) is 11.0 Å². The number of rotatable bonds is 10. The quantitative estimate of drug-likeness (QED) is 0.226. The summed E-state index contributed by atoms with van der Waals surface area (Å²) in [6.45, 7) is 4.15. The number of fused-ring (bicyclic) bond motifs is 1. The van der Waals surface area contributed by atoms with Crippen molar-refractivity contribution < 1.29 is 33.4 Å². The molecule has 1 aliphatic heterocycles. The molecule has 0 bridgehead atoms. The Morgan fingerprint density at radius 2 is 1.68 bits per heavy atom. The van der Waals surface area contributed by atoms with Crippen LogP contribution in [0, 0.1) is 0 Å². The number of carbonyl (C=O) groups excluding carboxylic acids is 4. The summed E-state index contributed by atoms with van der Waals surface area (Å²) in [5.74, 6) is -0.771. The van der Waals surface area contributed by atoms with Crippen LogP contribution in [-0.2, 0) is 16.1 Å². The van der Waals surface area contributed by atoms with Crippen LogP contribution in [0.2, 0.25) is 0 Å².